The van der Waals surface area contributed by atoms with Gasteiger partial charge in [0.25, 0.3) is 5.91 Å². The maximum atomic E-state index is 11.3. The molecule has 4 rings (SSSR count). The number of piperazine rings is 1. The lowest BCUT2D eigenvalue weighted by molar-refractivity contribution is -0.124. The average molecular weight is 381 g/mol. The van der Waals surface area contributed by atoms with Gasteiger partial charge in [-0.1, -0.05) is 24.3 Å². The van der Waals surface area contributed by atoms with E-state index in [1.165, 1.54) is 11.6 Å². The molecular weight excluding hydrogens is 358 g/mol. The Balaban J connectivity index is 1.38. The minimum atomic E-state index is -0.539. The van der Waals surface area contributed by atoms with Crippen molar-refractivity contribution in [1.29, 1.82) is 0 Å². The van der Waals surface area contributed by atoms with E-state index in [0.717, 1.165) is 55.5 Å². The van der Waals surface area contributed by atoms with Crippen LogP contribution in [0.1, 0.15) is 11.1 Å². The molecule has 2 aliphatic rings. The number of anilines is 1. The minimum Gasteiger partial charge on any atom is -0.454 e. The molecule has 2 heterocycles. The molecule has 0 unspecified atom stereocenters. The van der Waals surface area contributed by atoms with Crippen LogP contribution < -0.4 is 19.9 Å². The lowest BCUT2D eigenvalue weighted by Crippen LogP contribution is -2.46. The third kappa shape index (κ3) is 4.11. The molecule has 0 radical (unpaired) electrons. The molecule has 0 aliphatic carbocycles. The van der Waals surface area contributed by atoms with E-state index in [4.69, 9.17) is 14.7 Å². The van der Waals surface area contributed by atoms with Gasteiger partial charge in [-0.15, -0.1) is 0 Å². The van der Waals surface area contributed by atoms with Gasteiger partial charge in [0.2, 0.25) is 6.79 Å². The number of nitrogens with zero attached hydrogens (tertiary/aromatic N) is 2. The van der Waals surface area contributed by atoms with E-state index in [2.05, 4.69) is 28.0 Å². The van der Waals surface area contributed by atoms with Crippen LogP contribution >= 0.6 is 0 Å². The molecule has 1 amide bonds. The van der Waals surface area contributed by atoms with E-state index in [1.807, 2.05) is 24.3 Å². The average Bonchev–Trinajstić information content (AvgIpc) is 3.21. The molecule has 0 aromatic heterocycles. The fraction of sp³-hybridized carbons (Fsp3) is 0.286. The number of hydrogen-bond acceptors (Lipinski definition) is 6. The Morgan fingerprint density at radius 2 is 1.86 bits per heavy atom. The zero-order valence-electron chi connectivity index (χ0n) is 15.5. The largest absolute Gasteiger partial charge is 0.454 e. The third-order valence-electron chi connectivity index (χ3n) is 5.02. The summed E-state index contributed by atoms with van der Waals surface area (Å²) in [6, 6.07) is 14.1. The van der Waals surface area contributed by atoms with Crippen LogP contribution in [0, 0.1) is 0 Å². The number of nitrogens with one attached hydrogen (secondary N) is 1. The highest BCUT2D eigenvalue weighted by Gasteiger charge is 2.20. The molecule has 28 heavy (non-hydrogen) atoms. The van der Waals surface area contributed by atoms with Gasteiger partial charge in [-0.2, -0.15) is 0 Å². The van der Waals surface area contributed by atoms with Crippen molar-refractivity contribution >= 4 is 17.7 Å². The summed E-state index contributed by atoms with van der Waals surface area (Å²) in [7, 11) is 0. The molecule has 2 aliphatic heterocycles. The second-order valence-corrected chi connectivity index (χ2v) is 6.82. The molecule has 2 aromatic rings. The number of carbonyl (C=O) groups excluding carboxylic acids is 1. The highest BCUT2D eigenvalue weighted by molar-refractivity contribution is 5.91. The van der Waals surface area contributed by atoms with E-state index >= 15 is 0 Å². The van der Waals surface area contributed by atoms with Crippen molar-refractivity contribution in [2.45, 2.75) is 6.54 Å². The number of ether oxygens (including phenoxy) is 2. The molecule has 2 aromatic carbocycles. The van der Waals surface area contributed by atoms with Crippen molar-refractivity contribution in [3.63, 3.8) is 0 Å². The van der Waals surface area contributed by atoms with Gasteiger partial charge in [0, 0.05) is 44.5 Å². The van der Waals surface area contributed by atoms with Crippen molar-refractivity contribution in [1.82, 2.24) is 10.4 Å². The normalized spacial score (nSPS) is 16.5. The summed E-state index contributed by atoms with van der Waals surface area (Å²) in [5, 5.41) is 8.65. The van der Waals surface area contributed by atoms with Crippen LogP contribution in [0.4, 0.5) is 5.69 Å². The van der Waals surface area contributed by atoms with Gasteiger partial charge >= 0.3 is 0 Å². The Morgan fingerprint density at radius 3 is 2.68 bits per heavy atom. The third-order valence-corrected chi connectivity index (χ3v) is 5.02. The zero-order chi connectivity index (χ0) is 19.3. The standard InChI is InChI=1S/C21H23N3O4/c25-21(22-26)8-6-17-3-1-2-4-18(17)24-11-9-23(10-12-24)14-16-5-7-19-20(13-16)28-15-27-19/h1-8,13,26H,9-12,14-15H2,(H,22,25). The van der Waals surface area contributed by atoms with E-state index in [9.17, 15) is 4.79 Å². The summed E-state index contributed by atoms with van der Waals surface area (Å²) in [4.78, 5) is 16.0. The van der Waals surface area contributed by atoms with Crippen LogP contribution in [0.2, 0.25) is 0 Å². The number of para-hydroxylation sites is 1. The van der Waals surface area contributed by atoms with Crippen molar-refractivity contribution in [2.75, 3.05) is 37.9 Å². The first-order chi connectivity index (χ1) is 13.7. The maximum Gasteiger partial charge on any atom is 0.267 e. The van der Waals surface area contributed by atoms with Crippen molar-refractivity contribution in [2.24, 2.45) is 0 Å². The highest BCUT2D eigenvalue weighted by atomic mass is 16.7. The van der Waals surface area contributed by atoms with Gasteiger partial charge in [-0.25, -0.2) is 5.48 Å². The molecule has 0 spiro atoms. The first-order valence-electron chi connectivity index (χ1n) is 9.30. The van der Waals surface area contributed by atoms with Crippen LogP contribution in [0.15, 0.2) is 48.5 Å². The molecule has 0 saturated carbocycles. The van der Waals surface area contributed by atoms with Gasteiger partial charge in [0.05, 0.1) is 0 Å². The Hall–Kier alpha value is -3.03. The molecule has 1 saturated heterocycles. The Kier molecular flexibility index (Phi) is 5.45. The van der Waals surface area contributed by atoms with Gasteiger partial charge in [0.15, 0.2) is 11.5 Å². The van der Waals surface area contributed by atoms with Crippen molar-refractivity contribution < 1.29 is 19.5 Å². The van der Waals surface area contributed by atoms with E-state index in [0.29, 0.717) is 6.79 Å². The quantitative estimate of drug-likeness (QED) is 0.470. The van der Waals surface area contributed by atoms with Crippen LogP contribution in [0.25, 0.3) is 6.08 Å². The highest BCUT2D eigenvalue weighted by Crippen LogP contribution is 2.33. The number of hydroxylamine groups is 1. The molecule has 7 heteroatoms. The monoisotopic (exact) mass is 381 g/mol. The minimum absolute atomic E-state index is 0.297. The van der Waals surface area contributed by atoms with Crippen molar-refractivity contribution in [3.05, 3.63) is 59.7 Å². The number of hydrogen-bond donors (Lipinski definition) is 2. The molecule has 7 nitrogen and oxygen atoms in total. The molecule has 2 N–H and O–H groups in total. The topological polar surface area (TPSA) is 74.3 Å². The number of benzene rings is 2. The SMILES string of the molecule is O=C(C=Cc1ccccc1N1CCN(Cc2ccc3c(c2)OCO3)CC1)NO. The second kappa shape index (κ2) is 8.33. The summed E-state index contributed by atoms with van der Waals surface area (Å²) < 4.78 is 10.8. The molecule has 0 bridgehead atoms. The smallest absolute Gasteiger partial charge is 0.267 e. The van der Waals surface area contributed by atoms with Gasteiger partial charge in [-0.05, 0) is 35.4 Å². The fourth-order valence-corrected chi connectivity index (χ4v) is 3.56. The number of carbonyl (C=O) groups is 1. The first-order valence-corrected chi connectivity index (χ1v) is 9.30. The van der Waals surface area contributed by atoms with E-state index in [1.54, 1.807) is 11.6 Å². The van der Waals surface area contributed by atoms with Crippen LogP contribution in [-0.4, -0.2) is 49.0 Å². The van der Waals surface area contributed by atoms with Crippen LogP contribution in [-0.2, 0) is 11.3 Å². The molecule has 0 atom stereocenters. The van der Waals surface area contributed by atoms with Crippen LogP contribution in [0.5, 0.6) is 11.5 Å². The second-order valence-electron chi connectivity index (χ2n) is 6.82. The summed E-state index contributed by atoms with van der Waals surface area (Å²) in [6.07, 6.45) is 3.05. The Bertz CT molecular complexity index is 876. The first kappa shape index (κ1) is 18.3. The summed E-state index contributed by atoms with van der Waals surface area (Å²) in [6.45, 7) is 4.88. The maximum absolute atomic E-state index is 11.3. The summed E-state index contributed by atoms with van der Waals surface area (Å²) in [5.41, 5.74) is 4.88. The summed E-state index contributed by atoms with van der Waals surface area (Å²) in [5.74, 6) is 1.10. The fourth-order valence-electron chi connectivity index (χ4n) is 3.56. The number of fused-ring (bicyclic) bond motifs is 1. The molecular formula is C21H23N3O4. The van der Waals surface area contributed by atoms with Gasteiger partial charge < -0.3 is 14.4 Å². The predicted octanol–water partition coefficient (Wildman–Crippen LogP) is 2.26. The van der Waals surface area contributed by atoms with Gasteiger partial charge in [-0.3, -0.25) is 14.9 Å². The van der Waals surface area contributed by atoms with Crippen molar-refractivity contribution in [3.8, 4) is 11.5 Å². The number of amides is 1. The Labute approximate surface area is 163 Å². The summed E-state index contributed by atoms with van der Waals surface area (Å²) >= 11 is 0. The van der Waals surface area contributed by atoms with E-state index < -0.39 is 5.91 Å². The Morgan fingerprint density at radius 1 is 1.07 bits per heavy atom. The van der Waals surface area contributed by atoms with Gasteiger partial charge in [0.1, 0.15) is 0 Å². The molecule has 1 fully saturated rings. The van der Waals surface area contributed by atoms with E-state index in [-0.39, 0.29) is 0 Å². The zero-order valence-corrected chi connectivity index (χ0v) is 15.5. The van der Waals surface area contributed by atoms with Crippen LogP contribution in [0.3, 0.4) is 0 Å². The predicted molar refractivity (Wildman–Crippen MR) is 105 cm³/mol. The lowest BCUT2D eigenvalue weighted by Gasteiger charge is -2.36. The number of rotatable bonds is 5. The lowest BCUT2D eigenvalue weighted by atomic mass is 10.1. The molecule has 146 valence electrons.